The van der Waals surface area contributed by atoms with Gasteiger partial charge in [-0.15, -0.1) is 0 Å². The summed E-state index contributed by atoms with van der Waals surface area (Å²) in [5, 5.41) is 14.6. The molecule has 4 heteroatoms. The molecule has 0 atom stereocenters. The Labute approximate surface area is 134 Å². The standard InChI is InChI=1S/C19H17NO3/c1-2-23-17-10-6-5-9-15(17)20-19(22)18-14-8-4-3-7-13(14)11-12-16(18)21/h3-12,21H,2H2,1H3,(H,20,22). The number of para-hydroxylation sites is 2. The molecule has 0 saturated carbocycles. The molecule has 0 aromatic heterocycles. The molecule has 0 unspecified atom stereocenters. The number of hydrogen-bond donors (Lipinski definition) is 2. The first kappa shape index (κ1) is 14.9. The lowest BCUT2D eigenvalue weighted by atomic mass is 10.0. The molecule has 23 heavy (non-hydrogen) atoms. The van der Waals surface area contributed by atoms with E-state index >= 15 is 0 Å². The molecule has 0 saturated heterocycles. The van der Waals surface area contributed by atoms with Gasteiger partial charge in [-0.2, -0.15) is 0 Å². The zero-order valence-electron chi connectivity index (χ0n) is 12.7. The maximum Gasteiger partial charge on any atom is 0.260 e. The average molecular weight is 307 g/mol. The summed E-state index contributed by atoms with van der Waals surface area (Å²) in [7, 11) is 0. The number of carbonyl (C=O) groups excluding carboxylic acids is 1. The van der Waals surface area contributed by atoms with Gasteiger partial charge in [0, 0.05) is 0 Å². The summed E-state index contributed by atoms with van der Waals surface area (Å²) in [5.41, 5.74) is 0.834. The molecule has 3 rings (SSSR count). The molecule has 1 amide bonds. The summed E-state index contributed by atoms with van der Waals surface area (Å²) >= 11 is 0. The highest BCUT2D eigenvalue weighted by molar-refractivity contribution is 6.15. The lowest BCUT2D eigenvalue weighted by Crippen LogP contribution is -2.13. The molecule has 3 aromatic carbocycles. The Morgan fingerprint density at radius 3 is 2.61 bits per heavy atom. The van der Waals surface area contributed by atoms with E-state index in [4.69, 9.17) is 4.74 Å². The van der Waals surface area contributed by atoms with Crippen molar-refractivity contribution in [2.45, 2.75) is 6.92 Å². The van der Waals surface area contributed by atoms with Crippen LogP contribution in [-0.4, -0.2) is 17.6 Å². The van der Waals surface area contributed by atoms with E-state index in [1.807, 2.05) is 43.3 Å². The summed E-state index contributed by atoms with van der Waals surface area (Å²) in [5.74, 6) is 0.185. The zero-order chi connectivity index (χ0) is 16.2. The molecular formula is C19H17NO3. The van der Waals surface area contributed by atoms with Crippen LogP contribution in [0.2, 0.25) is 0 Å². The fraction of sp³-hybridized carbons (Fsp3) is 0.105. The minimum absolute atomic E-state index is 0.0462. The van der Waals surface area contributed by atoms with Crippen LogP contribution in [0.4, 0.5) is 5.69 Å². The third-order valence-corrected chi connectivity index (χ3v) is 3.57. The number of carbonyl (C=O) groups is 1. The van der Waals surface area contributed by atoms with Crippen LogP contribution < -0.4 is 10.1 Å². The SMILES string of the molecule is CCOc1ccccc1NC(=O)c1c(O)ccc2ccccc12. The van der Waals surface area contributed by atoms with Crippen LogP contribution in [-0.2, 0) is 0 Å². The van der Waals surface area contributed by atoms with Crippen LogP contribution >= 0.6 is 0 Å². The lowest BCUT2D eigenvalue weighted by Gasteiger charge is -2.13. The molecule has 0 aliphatic carbocycles. The predicted octanol–water partition coefficient (Wildman–Crippen LogP) is 4.20. The van der Waals surface area contributed by atoms with E-state index in [-0.39, 0.29) is 17.2 Å². The molecule has 0 aliphatic heterocycles. The molecule has 0 bridgehead atoms. The van der Waals surface area contributed by atoms with Crippen molar-refractivity contribution in [2.24, 2.45) is 0 Å². The van der Waals surface area contributed by atoms with Crippen LogP contribution in [0.25, 0.3) is 10.8 Å². The van der Waals surface area contributed by atoms with E-state index in [0.717, 1.165) is 5.39 Å². The first-order chi connectivity index (χ1) is 11.2. The van der Waals surface area contributed by atoms with Crippen molar-refractivity contribution < 1.29 is 14.6 Å². The molecule has 4 nitrogen and oxygen atoms in total. The largest absolute Gasteiger partial charge is 0.507 e. The second-order valence-corrected chi connectivity index (χ2v) is 5.06. The molecular weight excluding hydrogens is 290 g/mol. The maximum atomic E-state index is 12.7. The van der Waals surface area contributed by atoms with E-state index in [0.29, 0.717) is 23.4 Å². The monoisotopic (exact) mass is 307 g/mol. The van der Waals surface area contributed by atoms with Gasteiger partial charge in [0.05, 0.1) is 17.9 Å². The first-order valence-corrected chi connectivity index (χ1v) is 7.44. The third kappa shape index (κ3) is 2.97. The van der Waals surface area contributed by atoms with Gasteiger partial charge in [0.2, 0.25) is 0 Å². The highest BCUT2D eigenvalue weighted by atomic mass is 16.5. The maximum absolute atomic E-state index is 12.7. The van der Waals surface area contributed by atoms with Gasteiger partial charge in [0.25, 0.3) is 5.91 Å². The Bertz CT molecular complexity index is 858. The Kier molecular flexibility index (Phi) is 4.15. The molecule has 3 aromatic rings. The Balaban J connectivity index is 2.00. The summed E-state index contributed by atoms with van der Waals surface area (Å²) in [6.45, 7) is 2.39. The molecule has 0 fully saturated rings. The van der Waals surface area contributed by atoms with Gasteiger partial charge in [-0.3, -0.25) is 4.79 Å². The topological polar surface area (TPSA) is 58.6 Å². The van der Waals surface area contributed by atoms with Crippen LogP contribution in [0, 0.1) is 0 Å². The Morgan fingerprint density at radius 2 is 1.78 bits per heavy atom. The van der Waals surface area contributed by atoms with Gasteiger partial charge in [-0.05, 0) is 35.9 Å². The van der Waals surface area contributed by atoms with Gasteiger partial charge < -0.3 is 15.2 Å². The number of nitrogens with one attached hydrogen (secondary N) is 1. The van der Waals surface area contributed by atoms with Crippen molar-refractivity contribution in [3.8, 4) is 11.5 Å². The summed E-state index contributed by atoms with van der Waals surface area (Å²) in [4.78, 5) is 12.7. The number of benzene rings is 3. The van der Waals surface area contributed by atoms with Crippen molar-refractivity contribution in [3.05, 3.63) is 66.2 Å². The number of hydrogen-bond acceptors (Lipinski definition) is 3. The average Bonchev–Trinajstić information content (AvgIpc) is 2.56. The highest BCUT2D eigenvalue weighted by Gasteiger charge is 2.16. The highest BCUT2D eigenvalue weighted by Crippen LogP contribution is 2.30. The van der Waals surface area contributed by atoms with Gasteiger partial charge >= 0.3 is 0 Å². The molecule has 0 spiro atoms. The molecule has 2 N–H and O–H groups in total. The number of anilines is 1. The molecule has 0 radical (unpaired) electrons. The number of fused-ring (bicyclic) bond motifs is 1. The smallest absolute Gasteiger partial charge is 0.260 e. The van der Waals surface area contributed by atoms with Crippen LogP contribution in [0.5, 0.6) is 11.5 Å². The van der Waals surface area contributed by atoms with E-state index in [2.05, 4.69) is 5.32 Å². The fourth-order valence-corrected chi connectivity index (χ4v) is 2.53. The van der Waals surface area contributed by atoms with Crippen LogP contribution in [0.1, 0.15) is 17.3 Å². The van der Waals surface area contributed by atoms with Gasteiger partial charge in [-0.1, -0.05) is 42.5 Å². The Hall–Kier alpha value is -3.01. The Morgan fingerprint density at radius 1 is 1.04 bits per heavy atom. The molecule has 0 aliphatic rings. The summed E-state index contributed by atoms with van der Waals surface area (Å²) in [6.07, 6.45) is 0. The normalized spacial score (nSPS) is 10.5. The van der Waals surface area contributed by atoms with Crippen LogP contribution in [0.15, 0.2) is 60.7 Å². The van der Waals surface area contributed by atoms with Gasteiger partial charge in [0.15, 0.2) is 0 Å². The quantitative estimate of drug-likeness (QED) is 0.759. The summed E-state index contributed by atoms with van der Waals surface area (Å²) in [6, 6.07) is 18.0. The summed E-state index contributed by atoms with van der Waals surface area (Å²) < 4.78 is 5.51. The second kappa shape index (κ2) is 6.40. The number of aromatic hydroxyl groups is 1. The minimum Gasteiger partial charge on any atom is -0.507 e. The minimum atomic E-state index is -0.369. The lowest BCUT2D eigenvalue weighted by molar-refractivity contribution is 0.102. The van der Waals surface area contributed by atoms with Crippen molar-refractivity contribution in [1.82, 2.24) is 0 Å². The molecule has 116 valence electrons. The van der Waals surface area contributed by atoms with Crippen LogP contribution in [0.3, 0.4) is 0 Å². The second-order valence-electron chi connectivity index (χ2n) is 5.06. The third-order valence-electron chi connectivity index (χ3n) is 3.57. The number of phenolic OH excluding ortho intramolecular Hbond substituents is 1. The van der Waals surface area contributed by atoms with Crippen molar-refractivity contribution in [1.29, 1.82) is 0 Å². The van der Waals surface area contributed by atoms with E-state index in [1.54, 1.807) is 18.2 Å². The van der Waals surface area contributed by atoms with E-state index in [1.165, 1.54) is 6.07 Å². The van der Waals surface area contributed by atoms with Crippen molar-refractivity contribution >= 4 is 22.4 Å². The van der Waals surface area contributed by atoms with Crippen molar-refractivity contribution in [3.63, 3.8) is 0 Å². The van der Waals surface area contributed by atoms with Gasteiger partial charge in [0.1, 0.15) is 11.5 Å². The number of amides is 1. The predicted molar refractivity (Wildman–Crippen MR) is 91.2 cm³/mol. The van der Waals surface area contributed by atoms with Gasteiger partial charge in [-0.25, -0.2) is 0 Å². The number of ether oxygens (including phenoxy) is 1. The first-order valence-electron chi connectivity index (χ1n) is 7.44. The molecule has 0 heterocycles. The van der Waals surface area contributed by atoms with E-state index < -0.39 is 0 Å². The number of phenols is 1. The van der Waals surface area contributed by atoms with Crippen molar-refractivity contribution in [2.75, 3.05) is 11.9 Å². The number of rotatable bonds is 4. The zero-order valence-corrected chi connectivity index (χ0v) is 12.7. The van der Waals surface area contributed by atoms with E-state index in [9.17, 15) is 9.90 Å². The fourth-order valence-electron chi connectivity index (χ4n) is 2.53.